The van der Waals surface area contributed by atoms with Gasteiger partial charge in [0.05, 0.1) is 18.3 Å². The molecule has 3 aromatic rings. The number of aliphatic hydroxyl groups is 2. The van der Waals surface area contributed by atoms with E-state index in [1.54, 1.807) is 26.0 Å². The quantitative estimate of drug-likeness (QED) is 0.243. The number of pyridine rings is 1. The summed E-state index contributed by atoms with van der Waals surface area (Å²) >= 11 is 0. The Balaban J connectivity index is 0.00000116. The fraction of sp³-hybridized carbons (Fsp3) is 0.455. The first-order valence-electron chi connectivity index (χ1n) is 14.1. The van der Waals surface area contributed by atoms with E-state index in [9.17, 15) is 19.0 Å². The molecule has 230 valence electrons. The predicted octanol–water partition coefficient (Wildman–Crippen LogP) is 6.59. The van der Waals surface area contributed by atoms with Gasteiger partial charge in [-0.15, -0.1) is 0 Å². The van der Waals surface area contributed by atoms with E-state index < -0.39 is 23.3 Å². The van der Waals surface area contributed by atoms with Crippen molar-refractivity contribution in [3.63, 3.8) is 0 Å². The maximum atomic E-state index is 15.0. The van der Waals surface area contributed by atoms with Crippen LogP contribution < -0.4 is 9.47 Å². The molecule has 2 atom stereocenters. The van der Waals surface area contributed by atoms with E-state index in [-0.39, 0.29) is 37.2 Å². The topological polar surface area (TPSA) is 109 Å². The molecule has 2 aromatic carbocycles. The van der Waals surface area contributed by atoms with Gasteiger partial charge in [0.2, 0.25) is 5.88 Å². The molecule has 42 heavy (non-hydrogen) atoms. The lowest BCUT2D eigenvalue weighted by molar-refractivity contribution is -0.122. The Morgan fingerprint density at radius 1 is 1.02 bits per heavy atom. The minimum absolute atomic E-state index is 0.0662. The Morgan fingerprint density at radius 2 is 1.62 bits per heavy atom. The van der Waals surface area contributed by atoms with E-state index in [1.165, 1.54) is 17.2 Å². The van der Waals surface area contributed by atoms with Gasteiger partial charge >= 0.3 is 0 Å². The molecule has 7 nitrogen and oxygen atoms in total. The second-order valence-corrected chi connectivity index (χ2v) is 10.9. The summed E-state index contributed by atoms with van der Waals surface area (Å²) in [6.07, 6.45) is 3.14. The van der Waals surface area contributed by atoms with E-state index in [1.807, 2.05) is 40.0 Å². The third-order valence-corrected chi connectivity index (χ3v) is 6.96. The number of aliphatic hydroxyl groups excluding tert-OH is 1. The molecule has 0 aliphatic heterocycles. The molecule has 1 aliphatic rings. The largest absolute Gasteiger partial charge is 0.493 e. The molecule has 0 fully saturated rings. The third kappa shape index (κ3) is 9.22. The molecular weight excluding hydrogens is 544 g/mol. The van der Waals surface area contributed by atoms with Crippen LogP contribution in [0.5, 0.6) is 11.6 Å². The lowest BCUT2D eigenvalue weighted by atomic mass is 9.93. The van der Waals surface area contributed by atoms with E-state index in [0.29, 0.717) is 23.1 Å². The Kier molecular flexibility index (Phi) is 12.9. The van der Waals surface area contributed by atoms with E-state index in [2.05, 4.69) is 11.9 Å². The number of fused-ring (bicyclic) bond motifs is 1. The van der Waals surface area contributed by atoms with Crippen molar-refractivity contribution in [2.75, 3.05) is 6.61 Å². The molecule has 9 heteroatoms. The second-order valence-electron chi connectivity index (χ2n) is 10.9. The molecule has 0 radical (unpaired) electrons. The number of carboxylic acid groups (broad SMARTS) is 1. The Labute approximate surface area is 247 Å². The first kappa shape index (κ1) is 34.6. The standard InChI is InChI=1S/C30H35F2NO4.C2H6.CH2O2/c1-17-8-20-13-28(33-15-21(20)9-17)37-16-22-12-24(26(32)14-25(22)31)29-18(2)10-23(11-19(29)3)36-7-6-27(34)30(4,5)35;1-2;2-1-3/h10-15,17,27,34-35H,6-9,16H2,1-5H3;1-2H3;1H,(H,2,3). The number of ether oxygens (including phenoxy) is 2. The van der Waals surface area contributed by atoms with Gasteiger partial charge in [0.1, 0.15) is 24.0 Å². The summed E-state index contributed by atoms with van der Waals surface area (Å²) < 4.78 is 41.2. The van der Waals surface area contributed by atoms with Crippen LogP contribution in [0.1, 0.15) is 68.9 Å². The van der Waals surface area contributed by atoms with Crippen molar-refractivity contribution in [1.82, 2.24) is 4.98 Å². The van der Waals surface area contributed by atoms with Crippen LogP contribution in [-0.2, 0) is 24.2 Å². The molecule has 0 saturated carbocycles. The zero-order valence-electron chi connectivity index (χ0n) is 25.5. The van der Waals surface area contributed by atoms with Crippen molar-refractivity contribution in [1.29, 1.82) is 0 Å². The first-order chi connectivity index (χ1) is 19.8. The minimum atomic E-state index is -1.21. The van der Waals surface area contributed by atoms with Crippen LogP contribution in [0, 0.1) is 31.4 Å². The van der Waals surface area contributed by atoms with Gasteiger partial charge in [-0.2, -0.15) is 0 Å². The van der Waals surface area contributed by atoms with Crippen molar-refractivity contribution >= 4 is 6.47 Å². The summed E-state index contributed by atoms with van der Waals surface area (Å²) in [6.45, 7) is 12.9. The summed E-state index contributed by atoms with van der Waals surface area (Å²) in [6, 6.07) is 7.87. The number of nitrogens with zero attached hydrogens (tertiary/aromatic N) is 1. The lowest BCUT2D eigenvalue weighted by Crippen LogP contribution is -2.36. The van der Waals surface area contributed by atoms with E-state index >= 15 is 0 Å². The highest BCUT2D eigenvalue weighted by molar-refractivity contribution is 5.73. The van der Waals surface area contributed by atoms with Crippen LogP contribution in [0.15, 0.2) is 36.5 Å². The smallest absolute Gasteiger partial charge is 0.290 e. The Morgan fingerprint density at radius 3 is 2.21 bits per heavy atom. The van der Waals surface area contributed by atoms with Crippen molar-refractivity contribution in [3.8, 4) is 22.8 Å². The molecule has 1 aromatic heterocycles. The number of hydrogen-bond acceptors (Lipinski definition) is 6. The highest BCUT2D eigenvalue weighted by Gasteiger charge is 2.24. The molecule has 1 aliphatic carbocycles. The molecular formula is C33H43F2NO6. The van der Waals surface area contributed by atoms with Gasteiger partial charge in [-0.25, -0.2) is 13.8 Å². The molecule has 0 saturated heterocycles. The van der Waals surface area contributed by atoms with Crippen LogP contribution >= 0.6 is 0 Å². The second kappa shape index (κ2) is 15.6. The number of rotatable bonds is 9. The minimum Gasteiger partial charge on any atom is -0.493 e. The zero-order valence-corrected chi connectivity index (χ0v) is 25.5. The summed E-state index contributed by atoms with van der Waals surface area (Å²) in [7, 11) is 0. The van der Waals surface area contributed by atoms with Gasteiger partial charge in [-0.05, 0) is 92.5 Å². The van der Waals surface area contributed by atoms with Crippen molar-refractivity contribution < 1.29 is 38.4 Å². The molecule has 4 rings (SSSR count). The first-order valence-corrected chi connectivity index (χ1v) is 14.1. The fourth-order valence-electron chi connectivity index (χ4n) is 4.90. The Hall–Kier alpha value is -3.56. The van der Waals surface area contributed by atoms with Crippen LogP contribution in [0.4, 0.5) is 8.78 Å². The summed E-state index contributed by atoms with van der Waals surface area (Å²) in [4.78, 5) is 12.7. The average molecular weight is 588 g/mol. The van der Waals surface area contributed by atoms with Gasteiger partial charge in [0, 0.05) is 35.9 Å². The lowest BCUT2D eigenvalue weighted by Gasteiger charge is -2.24. The number of hydrogen-bond donors (Lipinski definition) is 3. The molecule has 1 heterocycles. The molecule has 0 amide bonds. The average Bonchev–Trinajstić information content (AvgIpc) is 3.29. The SMILES string of the molecule is CC.Cc1cc(OCCC(O)C(C)(C)O)cc(C)c1-c1cc(COc2cc3c(cn2)CC(C)C3)c(F)cc1F.O=CO. The third-order valence-electron chi connectivity index (χ3n) is 6.96. The van der Waals surface area contributed by atoms with Gasteiger partial charge in [-0.3, -0.25) is 4.79 Å². The zero-order chi connectivity index (χ0) is 31.6. The van der Waals surface area contributed by atoms with Crippen LogP contribution in [0.25, 0.3) is 11.1 Å². The fourth-order valence-corrected chi connectivity index (χ4v) is 4.90. The van der Waals surface area contributed by atoms with Crippen LogP contribution in [-0.4, -0.2) is 45.1 Å². The van der Waals surface area contributed by atoms with Crippen LogP contribution in [0.2, 0.25) is 0 Å². The number of halogens is 2. The van der Waals surface area contributed by atoms with Crippen LogP contribution in [0.3, 0.4) is 0 Å². The van der Waals surface area contributed by atoms with Crippen molar-refractivity contribution in [3.05, 3.63) is 76.0 Å². The van der Waals surface area contributed by atoms with Gasteiger partial charge < -0.3 is 24.8 Å². The highest BCUT2D eigenvalue weighted by Crippen LogP contribution is 2.35. The molecule has 0 bridgehead atoms. The van der Waals surface area contributed by atoms with E-state index in [4.69, 9.17) is 19.4 Å². The molecule has 2 unspecified atom stereocenters. The van der Waals surface area contributed by atoms with Crippen molar-refractivity contribution in [2.45, 2.75) is 86.0 Å². The summed E-state index contributed by atoms with van der Waals surface area (Å²) in [5, 5.41) is 26.8. The Bertz CT molecular complexity index is 1320. The number of benzene rings is 2. The number of aryl methyl sites for hydroxylation is 2. The maximum Gasteiger partial charge on any atom is 0.290 e. The van der Waals surface area contributed by atoms with E-state index in [0.717, 1.165) is 30.0 Å². The van der Waals surface area contributed by atoms with Crippen molar-refractivity contribution in [2.24, 2.45) is 5.92 Å². The molecule has 3 N–H and O–H groups in total. The predicted molar refractivity (Wildman–Crippen MR) is 159 cm³/mol. The number of carbonyl (C=O) groups is 1. The maximum absolute atomic E-state index is 15.0. The molecule has 0 spiro atoms. The normalized spacial score (nSPS) is 14.5. The number of aromatic nitrogens is 1. The highest BCUT2D eigenvalue weighted by atomic mass is 19.1. The van der Waals surface area contributed by atoms with Gasteiger partial charge in [0.15, 0.2) is 0 Å². The van der Waals surface area contributed by atoms with Gasteiger partial charge in [0.25, 0.3) is 6.47 Å². The summed E-state index contributed by atoms with van der Waals surface area (Å²) in [5.74, 6) is 0.258. The monoisotopic (exact) mass is 587 g/mol. The van der Waals surface area contributed by atoms with Gasteiger partial charge in [-0.1, -0.05) is 20.8 Å². The summed E-state index contributed by atoms with van der Waals surface area (Å²) in [5.41, 5.74) is 3.95.